The maximum atomic E-state index is 13.3. The van der Waals surface area contributed by atoms with E-state index in [-0.39, 0.29) is 33.6 Å². The zero-order chi connectivity index (χ0) is 22.5. The van der Waals surface area contributed by atoms with Crippen LogP contribution in [0.1, 0.15) is 10.4 Å². The molecule has 3 rings (SSSR count). The number of benzene rings is 2. The number of amides is 1. The standard InChI is InChI=1S/C17H11ClFN7O5/c18-12-7-10(3-6-13(12)19)22-15-14(26(30)31)16(21-8-20-15)23-24-17(27)9-1-4-11(5-2-9)25(28)29/h1-8H,(H,24,27)(H2,20,21,22,23). The molecule has 1 heterocycles. The second-order valence-corrected chi connectivity index (χ2v) is 6.22. The SMILES string of the molecule is O=C(NNc1ncnc(Nc2ccc(F)c(Cl)c2)c1[N+](=O)[O-])c1ccc([N+](=O)[O-])cc1. The molecule has 31 heavy (non-hydrogen) atoms. The number of carbonyl (C=O) groups is 1. The monoisotopic (exact) mass is 447 g/mol. The van der Waals surface area contributed by atoms with Gasteiger partial charge in [-0.1, -0.05) is 11.6 Å². The first-order valence-corrected chi connectivity index (χ1v) is 8.66. The second kappa shape index (κ2) is 8.96. The van der Waals surface area contributed by atoms with Gasteiger partial charge in [-0.2, -0.15) is 0 Å². The van der Waals surface area contributed by atoms with Gasteiger partial charge in [0.25, 0.3) is 11.6 Å². The number of halogens is 2. The summed E-state index contributed by atoms with van der Waals surface area (Å²) in [6.45, 7) is 0. The largest absolute Gasteiger partial charge is 0.355 e. The summed E-state index contributed by atoms with van der Waals surface area (Å²) in [5, 5.41) is 24.7. The van der Waals surface area contributed by atoms with Crippen molar-refractivity contribution in [3.05, 3.63) is 85.4 Å². The predicted octanol–water partition coefficient (Wildman–Crippen LogP) is 3.59. The second-order valence-electron chi connectivity index (χ2n) is 5.81. The number of rotatable bonds is 7. The van der Waals surface area contributed by atoms with Crippen LogP contribution in [0.4, 0.5) is 33.1 Å². The van der Waals surface area contributed by atoms with Gasteiger partial charge in [-0.05, 0) is 30.3 Å². The Balaban J connectivity index is 1.80. The van der Waals surface area contributed by atoms with Crippen LogP contribution in [0.25, 0.3) is 0 Å². The summed E-state index contributed by atoms with van der Waals surface area (Å²) in [6, 6.07) is 8.30. The summed E-state index contributed by atoms with van der Waals surface area (Å²) in [6.07, 6.45) is 1.00. The van der Waals surface area contributed by atoms with E-state index >= 15 is 0 Å². The van der Waals surface area contributed by atoms with Crippen molar-refractivity contribution in [3.8, 4) is 0 Å². The number of nitro benzene ring substituents is 1. The van der Waals surface area contributed by atoms with Crippen molar-refractivity contribution in [2.45, 2.75) is 0 Å². The van der Waals surface area contributed by atoms with Gasteiger partial charge in [0.1, 0.15) is 12.1 Å². The van der Waals surface area contributed by atoms with Crippen LogP contribution in [0.3, 0.4) is 0 Å². The van der Waals surface area contributed by atoms with Gasteiger partial charge in [-0.15, -0.1) is 0 Å². The number of carbonyl (C=O) groups excluding carboxylic acids is 1. The Labute approximate surface area is 177 Å². The minimum atomic E-state index is -0.784. The molecule has 0 spiro atoms. The Morgan fingerprint density at radius 3 is 2.29 bits per heavy atom. The minimum Gasteiger partial charge on any atom is -0.334 e. The van der Waals surface area contributed by atoms with Crippen LogP contribution in [0.2, 0.25) is 5.02 Å². The van der Waals surface area contributed by atoms with E-state index in [0.29, 0.717) is 0 Å². The molecule has 2 aromatic carbocycles. The fourth-order valence-electron chi connectivity index (χ4n) is 2.37. The summed E-state index contributed by atoms with van der Waals surface area (Å²) < 4.78 is 13.3. The Bertz CT molecular complexity index is 1180. The highest BCUT2D eigenvalue weighted by atomic mass is 35.5. The molecule has 1 aromatic heterocycles. The van der Waals surface area contributed by atoms with Crippen LogP contribution in [0.15, 0.2) is 48.8 Å². The van der Waals surface area contributed by atoms with Crippen molar-refractivity contribution in [2.24, 2.45) is 0 Å². The van der Waals surface area contributed by atoms with Crippen LogP contribution < -0.4 is 16.2 Å². The quantitative estimate of drug-likeness (QED) is 0.362. The Hall–Kier alpha value is -4.39. The number of nitro groups is 2. The lowest BCUT2D eigenvalue weighted by Crippen LogP contribution is -2.30. The predicted molar refractivity (Wildman–Crippen MR) is 108 cm³/mol. The molecule has 3 aromatic rings. The highest BCUT2D eigenvalue weighted by Crippen LogP contribution is 2.31. The number of hydrazine groups is 1. The van der Waals surface area contributed by atoms with E-state index in [1.54, 1.807) is 0 Å². The minimum absolute atomic E-state index is 0.0640. The Morgan fingerprint density at radius 1 is 1.00 bits per heavy atom. The van der Waals surface area contributed by atoms with Crippen LogP contribution in [-0.2, 0) is 0 Å². The first kappa shape index (κ1) is 21.3. The molecular weight excluding hydrogens is 437 g/mol. The van der Waals surface area contributed by atoms with Crippen LogP contribution in [0, 0.1) is 26.0 Å². The van der Waals surface area contributed by atoms with Crippen molar-refractivity contribution >= 4 is 46.2 Å². The van der Waals surface area contributed by atoms with Crippen molar-refractivity contribution in [2.75, 3.05) is 10.7 Å². The summed E-state index contributed by atoms with van der Waals surface area (Å²) in [7, 11) is 0. The van der Waals surface area contributed by atoms with Gasteiger partial charge in [0, 0.05) is 23.4 Å². The summed E-state index contributed by atoms with van der Waals surface area (Å²) >= 11 is 5.70. The molecule has 0 atom stereocenters. The average molecular weight is 448 g/mol. The highest BCUT2D eigenvalue weighted by Gasteiger charge is 2.24. The maximum absolute atomic E-state index is 13.3. The summed E-state index contributed by atoms with van der Waals surface area (Å²) in [5.41, 5.74) is 4.03. The van der Waals surface area contributed by atoms with E-state index < -0.39 is 27.3 Å². The molecule has 158 valence electrons. The molecule has 3 N–H and O–H groups in total. The zero-order valence-electron chi connectivity index (χ0n) is 15.2. The molecule has 12 nitrogen and oxygen atoms in total. The molecule has 1 amide bonds. The fraction of sp³-hybridized carbons (Fsp3) is 0. The number of aromatic nitrogens is 2. The number of non-ortho nitro benzene ring substituents is 1. The fourth-order valence-corrected chi connectivity index (χ4v) is 2.55. The molecule has 0 saturated carbocycles. The lowest BCUT2D eigenvalue weighted by molar-refractivity contribution is -0.384. The van der Waals surface area contributed by atoms with Crippen LogP contribution in [-0.4, -0.2) is 25.7 Å². The molecule has 0 aliphatic rings. The highest BCUT2D eigenvalue weighted by molar-refractivity contribution is 6.31. The van der Waals surface area contributed by atoms with Gasteiger partial charge >= 0.3 is 5.69 Å². The molecule has 0 saturated heterocycles. The van der Waals surface area contributed by atoms with Gasteiger partial charge in [0.2, 0.25) is 11.6 Å². The number of hydrogen-bond acceptors (Lipinski definition) is 9. The van der Waals surface area contributed by atoms with Crippen molar-refractivity contribution in [1.82, 2.24) is 15.4 Å². The summed E-state index contributed by atoms with van der Waals surface area (Å²) in [4.78, 5) is 40.6. The third kappa shape index (κ3) is 4.97. The lowest BCUT2D eigenvalue weighted by Gasteiger charge is -2.11. The molecule has 0 aliphatic heterocycles. The average Bonchev–Trinajstić information content (AvgIpc) is 2.74. The first-order chi connectivity index (χ1) is 14.8. The first-order valence-electron chi connectivity index (χ1n) is 8.28. The molecular formula is C17H11ClFN7O5. The smallest absolute Gasteiger partial charge is 0.334 e. The van der Waals surface area contributed by atoms with Gasteiger partial charge in [-0.25, -0.2) is 14.4 Å². The van der Waals surface area contributed by atoms with Crippen LogP contribution >= 0.6 is 11.6 Å². The topological polar surface area (TPSA) is 165 Å². The van der Waals surface area contributed by atoms with E-state index in [1.807, 2.05) is 0 Å². The van der Waals surface area contributed by atoms with Crippen molar-refractivity contribution < 1.29 is 19.0 Å². The normalized spacial score (nSPS) is 10.3. The van der Waals surface area contributed by atoms with E-state index in [2.05, 4.69) is 26.1 Å². The summed E-state index contributed by atoms with van der Waals surface area (Å²) in [5.74, 6) is -1.97. The van der Waals surface area contributed by atoms with E-state index in [0.717, 1.165) is 24.5 Å². The number of anilines is 3. The van der Waals surface area contributed by atoms with Crippen LogP contribution in [0.5, 0.6) is 0 Å². The molecule has 0 aliphatic carbocycles. The third-order valence-corrected chi connectivity index (χ3v) is 4.11. The Kier molecular flexibility index (Phi) is 6.16. The number of nitrogens with one attached hydrogen (secondary N) is 3. The van der Waals surface area contributed by atoms with Gasteiger partial charge in [-0.3, -0.25) is 35.9 Å². The molecule has 0 fully saturated rings. The molecule has 0 bridgehead atoms. The van der Waals surface area contributed by atoms with Crippen molar-refractivity contribution in [3.63, 3.8) is 0 Å². The zero-order valence-corrected chi connectivity index (χ0v) is 16.0. The van der Waals surface area contributed by atoms with Crippen molar-refractivity contribution in [1.29, 1.82) is 0 Å². The molecule has 14 heteroatoms. The lowest BCUT2D eigenvalue weighted by atomic mass is 10.2. The number of hydrogen-bond donors (Lipinski definition) is 3. The van der Waals surface area contributed by atoms with Gasteiger partial charge < -0.3 is 5.32 Å². The molecule has 0 radical (unpaired) electrons. The Morgan fingerprint density at radius 2 is 1.68 bits per heavy atom. The maximum Gasteiger partial charge on any atom is 0.355 e. The number of nitrogens with zero attached hydrogens (tertiary/aromatic N) is 4. The third-order valence-electron chi connectivity index (χ3n) is 3.82. The van der Waals surface area contributed by atoms with E-state index in [9.17, 15) is 29.4 Å². The molecule has 0 unspecified atom stereocenters. The van der Waals surface area contributed by atoms with Gasteiger partial charge in [0.05, 0.1) is 14.9 Å². The van der Waals surface area contributed by atoms with E-state index in [4.69, 9.17) is 11.6 Å². The van der Waals surface area contributed by atoms with E-state index in [1.165, 1.54) is 24.3 Å². The van der Waals surface area contributed by atoms with Gasteiger partial charge in [0.15, 0.2) is 0 Å².